The van der Waals surface area contributed by atoms with Crippen molar-refractivity contribution in [3.05, 3.63) is 33.3 Å². The predicted molar refractivity (Wildman–Crippen MR) is 67.1 cm³/mol. The van der Waals surface area contributed by atoms with Gasteiger partial charge in [-0.25, -0.2) is 0 Å². The molecule has 4 nitrogen and oxygen atoms in total. The summed E-state index contributed by atoms with van der Waals surface area (Å²) in [6, 6.07) is 5.40. The van der Waals surface area contributed by atoms with Crippen molar-refractivity contribution in [1.82, 2.24) is 0 Å². The van der Waals surface area contributed by atoms with Crippen LogP contribution < -0.4 is 5.73 Å². The molecule has 0 aliphatic rings. The first-order chi connectivity index (χ1) is 8.12. The van der Waals surface area contributed by atoms with E-state index in [1.54, 1.807) is 19.1 Å². The van der Waals surface area contributed by atoms with Crippen LogP contribution in [-0.2, 0) is 22.5 Å². The van der Waals surface area contributed by atoms with Crippen LogP contribution in [0.1, 0.15) is 23.6 Å². The zero-order chi connectivity index (χ0) is 12.8. The lowest BCUT2D eigenvalue weighted by Crippen LogP contribution is -2.11. The highest BCUT2D eigenvalue weighted by molar-refractivity contribution is 9.10. The maximum absolute atomic E-state index is 11.4. The lowest BCUT2D eigenvalue weighted by Gasteiger charge is -2.10. The zero-order valence-corrected chi connectivity index (χ0v) is 11.1. The highest BCUT2D eigenvalue weighted by atomic mass is 79.9. The number of esters is 1. The Bertz CT molecular complexity index is 466. The monoisotopic (exact) mass is 296 g/mol. The van der Waals surface area contributed by atoms with Gasteiger partial charge in [0.25, 0.3) is 0 Å². The molecule has 0 fully saturated rings. The minimum Gasteiger partial charge on any atom is -0.466 e. The summed E-state index contributed by atoms with van der Waals surface area (Å²) < 4.78 is 5.63. The highest BCUT2D eigenvalue weighted by Crippen LogP contribution is 2.23. The molecule has 17 heavy (non-hydrogen) atoms. The Morgan fingerprint density at radius 2 is 2.29 bits per heavy atom. The number of rotatable bonds is 4. The smallest absolute Gasteiger partial charge is 0.310 e. The number of hydrogen-bond acceptors (Lipinski definition) is 4. The first-order valence-corrected chi connectivity index (χ1v) is 5.98. The van der Waals surface area contributed by atoms with Crippen LogP contribution in [0.5, 0.6) is 0 Å². The quantitative estimate of drug-likeness (QED) is 0.861. The number of nitriles is 1. The first-order valence-electron chi connectivity index (χ1n) is 5.19. The fourth-order valence-corrected chi connectivity index (χ4v) is 2.18. The largest absolute Gasteiger partial charge is 0.466 e. The minimum absolute atomic E-state index is 0.133. The van der Waals surface area contributed by atoms with Gasteiger partial charge in [-0.3, -0.25) is 4.79 Å². The van der Waals surface area contributed by atoms with Crippen molar-refractivity contribution >= 4 is 21.9 Å². The Balaban J connectivity index is 3.08. The lowest BCUT2D eigenvalue weighted by atomic mass is 10.0. The minimum atomic E-state index is -0.316. The molecule has 0 atom stereocenters. The van der Waals surface area contributed by atoms with E-state index in [1.807, 2.05) is 6.07 Å². The first kappa shape index (κ1) is 13.7. The fourth-order valence-electron chi connectivity index (χ4n) is 1.51. The van der Waals surface area contributed by atoms with Crippen LogP contribution in [0.3, 0.4) is 0 Å². The summed E-state index contributed by atoms with van der Waals surface area (Å²) in [7, 11) is 0. The predicted octanol–water partition coefficient (Wildman–Crippen LogP) is 1.89. The van der Waals surface area contributed by atoms with Gasteiger partial charge in [0, 0.05) is 11.0 Å². The van der Waals surface area contributed by atoms with Gasteiger partial charge >= 0.3 is 5.97 Å². The Morgan fingerprint density at radius 3 is 2.82 bits per heavy atom. The van der Waals surface area contributed by atoms with Gasteiger partial charge in [-0.1, -0.05) is 15.9 Å². The lowest BCUT2D eigenvalue weighted by molar-refractivity contribution is -0.142. The third kappa shape index (κ3) is 3.55. The number of hydrogen-bond donors (Lipinski definition) is 1. The van der Waals surface area contributed by atoms with Crippen LogP contribution in [0.25, 0.3) is 0 Å². The summed E-state index contributed by atoms with van der Waals surface area (Å²) in [6.45, 7) is 2.40. The molecule has 0 aromatic heterocycles. The Labute approximate surface area is 108 Å². The van der Waals surface area contributed by atoms with Crippen LogP contribution >= 0.6 is 15.9 Å². The number of carbonyl (C=O) groups excluding carboxylic acids is 1. The van der Waals surface area contributed by atoms with Gasteiger partial charge < -0.3 is 10.5 Å². The molecular weight excluding hydrogens is 284 g/mol. The summed E-state index contributed by atoms with van der Waals surface area (Å²) in [5.41, 5.74) is 7.69. The van der Waals surface area contributed by atoms with Gasteiger partial charge in [0.2, 0.25) is 0 Å². The molecule has 0 radical (unpaired) electrons. The van der Waals surface area contributed by atoms with E-state index in [0.29, 0.717) is 18.7 Å². The standard InChI is InChI=1S/C12H13BrN2O2/c1-2-17-12(16)5-9-3-8(6-14)4-11(13)10(9)7-15/h3-4H,2,5,7,15H2,1H3. The molecule has 0 aliphatic carbocycles. The Kier molecular flexibility index (Phi) is 5.13. The van der Waals surface area contributed by atoms with Gasteiger partial charge in [0.15, 0.2) is 0 Å². The zero-order valence-electron chi connectivity index (χ0n) is 9.50. The molecular formula is C12H13BrN2O2. The number of halogens is 1. The summed E-state index contributed by atoms with van der Waals surface area (Å²) in [5.74, 6) is -0.316. The normalized spacial score (nSPS) is 9.76. The average molecular weight is 297 g/mol. The third-order valence-electron chi connectivity index (χ3n) is 2.26. The number of benzene rings is 1. The van der Waals surface area contributed by atoms with Crippen molar-refractivity contribution in [2.45, 2.75) is 19.9 Å². The summed E-state index contributed by atoms with van der Waals surface area (Å²) in [5, 5.41) is 8.87. The van der Waals surface area contributed by atoms with E-state index >= 15 is 0 Å². The molecule has 0 heterocycles. The van der Waals surface area contributed by atoms with Gasteiger partial charge in [-0.2, -0.15) is 5.26 Å². The Morgan fingerprint density at radius 1 is 1.59 bits per heavy atom. The summed E-state index contributed by atoms with van der Waals surface area (Å²) in [4.78, 5) is 11.4. The van der Waals surface area contributed by atoms with E-state index in [1.165, 1.54) is 0 Å². The second-order valence-corrected chi connectivity index (χ2v) is 4.25. The molecule has 0 aliphatic heterocycles. The topological polar surface area (TPSA) is 76.1 Å². The average Bonchev–Trinajstić information content (AvgIpc) is 2.28. The van der Waals surface area contributed by atoms with Gasteiger partial charge in [0.1, 0.15) is 0 Å². The molecule has 2 N–H and O–H groups in total. The second kappa shape index (κ2) is 6.38. The highest BCUT2D eigenvalue weighted by Gasteiger charge is 2.12. The maximum atomic E-state index is 11.4. The van der Waals surface area contributed by atoms with Crippen molar-refractivity contribution in [2.75, 3.05) is 6.61 Å². The molecule has 0 saturated heterocycles. The van der Waals surface area contributed by atoms with E-state index in [0.717, 1.165) is 15.6 Å². The van der Waals surface area contributed by atoms with Crippen molar-refractivity contribution in [1.29, 1.82) is 5.26 Å². The van der Waals surface area contributed by atoms with E-state index in [-0.39, 0.29) is 12.4 Å². The van der Waals surface area contributed by atoms with E-state index in [4.69, 9.17) is 15.7 Å². The van der Waals surface area contributed by atoms with Crippen LogP contribution in [-0.4, -0.2) is 12.6 Å². The molecule has 1 rings (SSSR count). The number of carbonyl (C=O) groups is 1. The molecule has 1 aromatic rings. The Hall–Kier alpha value is -1.38. The van der Waals surface area contributed by atoms with Crippen LogP contribution in [0.4, 0.5) is 0 Å². The van der Waals surface area contributed by atoms with Gasteiger partial charge in [-0.05, 0) is 30.2 Å². The van der Waals surface area contributed by atoms with Crippen molar-refractivity contribution in [3.8, 4) is 6.07 Å². The molecule has 5 heteroatoms. The van der Waals surface area contributed by atoms with Crippen molar-refractivity contribution < 1.29 is 9.53 Å². The molecule has 1 aromatic carbocycles. The molecule has 90 valence electrons. The van der Waals surface area contributed by atoms with Gasteiger partial charge in [0.05, 0.1) is 24.7 Å². The SMILES string of the molecule is CCOC(=O)Cc1cc(C#N)cc(Br)c1CN. The summed E-state index contributed by atoms with van der Waals surface area (Å²) >= 11 is 3.34. The number of nitrogens with zero attached hydrogens (tertiary/aromatic N) is 1. The van der Waals surface area contributed by atoms with Gasteiger partial charge in [-0.15, -0.1) is 0 Å². The van der Waals surface area contributed by atoms with Crippen molar-refractivity contribution in [2.24, 2.45) is 5.73 Å². The van der Waals surface area contributed by atoms with E-state index in [9.17, 15) is 4.79 Å². The maximum Gasteiger partial charge on any atom is 0.310 e. The molecule has 0 saturated carbocycles. The number of nitrogens with two attached hydrogens (primary N) is 1. The molecule has 0 bridgehead atoms. The van der Waals surface area contributed by atoms with Crippen LogP contribution in [0.15, 0.2) is 16.6 Å². The van der Waals surface area contributed by atoms with Crippen LogP contribution in [0.2, 0.25) is 0 Å². The van der Waals surface area contributed by atoms with E-state index in [2.05, 4.69) is 15.9 Å². The van der Waals surface area contributed by atoms with E-state index < -0.39 is 0 Å². The number of ether oxygens (including phenoxy) is 1. The summed E-state index contributed by atoms with van der Waals surface area (Å²) in [6.07, 6.45) is 0.133. The second-order valence-electron chi connectivity index (χ2n) is 3.39. The van der Waals surface area contributed by atoms with Crippen molar-refractivity contribution in [3.63, 3.8) is 0 Å². The third-order valence-corrected chi connectivity index (χ3v) is 2.97. The fraction of sp³-hybridized carbons (Fsp3) is 0.333. The molecule has 0 unspecified atom stereocenters. The van der Waals surface area contributed by atoms with Crippen LogP contribution in [0, 0.1) is 11.3 Å². The molecule has 0 spiro atoms. The molecule has 0 amide bonds.